The number of nitrogens with zero attached hydrogens (tertiary/aromatic N) is 1. The van der Waals surface area contributed by atoms with E-state index in [1.165, 1.54) is 49.6 Å². The van der Waals surface area contributed by atoms with E-state index in [2.05, 4.69) is 48.8 Å². The Hall–Kier alpha value is -1.41. The summed E-state index contributed by atoms with van der Waals surface area (Å²) in [7, 11) is 2.06. The number of pyridine rings is 1. The fraction of sp³-hybridized carbons (Fsp3) is 0.500. The number of benzene rings is 1. The fourth-order valence-corrected chi connectivity index (χ4v) is 3.42. The number of para-hydroxylation sites is 1. The van der Waals surface area contributed by atoms with Gasteiger partial charge in [0.05, 0.1) is 11.2 Å². The van der Waals surface area contributed by atoms with E-state index in [1.807, 2.05) is 0 Å². The van der Waals surface area contributed by atoms with E-state index in [-0.39, 0.29) is 0 Å². The van der Waals surface area contributed by atoms with E-state index in [4.69, 9.17) is 4.98 Å². The molecular formula is C18H24N2. The Morgan fingerprint density at radius 1 is 1.10 bits per heavy atom. The molecule has 0 bridgehead atoms. The van der Waals surface area contributed by atoms with Gasteiger partial charge in [0.1, 0.15) is 0 Å². The molecule has 1 fully saturated rings. The maximum absolute atomic E-state index is 4.85. The maximum atomic E-state index is 4.85. The molecule has 0 amide bonds. The van der Waals surface area contributed by atoms with Crippen molar-refractivity contribution in [1.82, 2.24) is 10.3 Å². The van der Waals surface area contributed by atoms with E-state index in [0.717, 1.165) is 11.4 Å². The molecule has 0 aliphatic heterocycles. The lowest BCUT2D eigenvalue weighted by Gasteiger charge is -2.26. The molecule has 1 aromatic heterocycles. The Labute approximate surface area is 121 Å². The van der Waals surface area contributed by atoms with E-state index >= 15 is 0 Å². The second-order valence-corrected chi connectivity index (χ2v) is 6.01. The van der Waals surface area contributed by atoms with Crippen molar-refractivity contribution in [3.8, 4) is 0 Å². The minimum absolute atomic E-state index is 0.391. The van der Waals surface area contributed by atoms with Gasteiger partial charge in [-0.1, -0.05) is 56.4 Å². The third-order valence-electron chi connectivity index (χ3n) is 4.62. The largest absolute Gasteiger partial charge is 0.312 e. The topological polar surface area (TPSA) is 24.9 Å². The van der Waals surface area contributed by atoms with Gasteiger partial charge in [-0.05, 0) is 31.5 Å². The SMILES string of the molecule is CNC(CC1CCCCC1)c1ccc2ccccc2n1. The summed E-state index contributed by atoms with van der Waals surface area (Å²) in [6.45, 7) is 0. The molecule has 2 aromatic rings. The average Bonchev–Trinajstić information content (AvgIpc) is 2.53. The van der Waals surface area contributed by atoms with Crippen molar-refractivity contribution >= 4 is 10.9 Å². The monoisotopic (exact) mass is 268 g/mol. The number of hydrogen-bond donors (Lipinski definition) is 1. The standard InChI is InChI=1S/C18H24N2/c1-19-18(13-14-7-3-2-4-8-14)17-12-11-15-9-5-6-10-16(15)20-17/h5-6,9-12,14,18-19H,2-4,7-8,13H2,1H3. The highest BCUT2D eigenvalue weighted by Crippen LogP contribution is 2.31. The highest BCUT2D eigenvalue weighted by atomic mass is 14.9. The first kappa shape index (κ1) is 13.6. The molecule has 0 radical (unpaired) electrons. The number of rotatable bonds is 4. The Bertz CT molecular complexity index is 558. The summed E-state index contributed by atoms with van der Waals surface area (Å²) < 4.78 is 0. The van der Waals surface area contributed by atoms with Gasteiger partial charge >= 0.3 is 0 Å². The van der Waals surface area contributed by atoms with E-state index in [9.17, 15) is 0 Å². The van der Waals surface area contributed by atoms with Crippen LogP contribution in [0, 0.1) is 5.92 Å². The Kier molecular flexibility index (Phi) is 4.31. The van der Waals surface area contributed by atoms with Crippen LogP contribution in [0.2, 0.25) is 0 Å². The first-order valence-electron chi connectivity index (χ1n) is 7.90. The van der Waals surface area contributed by atoms with Gasteiger partial charge in [-0.25, -0.2) is 0 Å². The molecule has 106 valence electrons. The van der Waals surface area contributed by atoms with Gasteiger partial charge in [0.2, 0.25) is 0 Å². The molecule has 2 nitrogen and oxygen atoms in total. The predicted octanol–water partition coefficient (Wildman–Crippen LogP) is 4.47. The van der Waals surface area contributed by atoms with E-state index < -0.39 is 0 Å². The number of hydrogen-bond acceptors (Lipinski definition) is 2. The van der Waals surface area contributed by atoms with Crippen LogP contribution in [0.15, 0.2) is 36.4 Å². The average molecular weight is 268 g/mol. The van der Waals surface area contributed by atoms with Crippen molar-refractivity contribution in [3.05, 3.63) is 42.1 Å². The summed E-state index contributed by atoms with van der Waals surface area (Å²) in [5.41, 5.74) is 2.30. The number of fused-ring (bicyclic) bond motifs is 1. The number of nitrogens with one attached hydrogen (secondary N) is 1. The summed E-state index contributed by atoms with van der Waals surface area (Å²) in [6.07, 6.45) is 8.26. The second-order valence-electron chi connectivity index (χ2n) is 6.01. The van der Waals surface area contributed by atoms with Gasteiger partial charge in [0, 0.05) is 11.4 Å². The first-order chi connectivity index (χ1) is 9.86. The lowest BCUT2D eigenvalue weighted by Crippen LogP contribution is -2.22. The van der Waals surface area contributed by atoms with Gasteiger partial charge in [-0.2, -0.15) is 0 Å². The molecule has 3 rings (SSSR count). The van der Waals surface area contributed by atoms with Crippen molar-refractivity contribution in [1.29, 1.82) is 0 Å². The Balaban J connectivity index is 1.79. The third kappa shape index (κ3) is 3.01. The zero-order chi connectivity index (χ0) is 13.8. The van der Waals surface area contributed by atoms with Crippen LogP contribution in [-0.2, 0) is 0 Å². The van der Waals surface area contributed by atoms with Crippen LogP contribution in [0.25, 0.3) is 10.9 Å². The Morgan fingerprint density at radius 2 is 1.90 bits per heavy atom. The molecule has 1 unspecified atom stereocenters. The smallest absolute Gasteiger partial charge is 0.0706 e. The fourth-order valence-electron chi connectivity index (χ4n) is 3.42. The molecule has 0 spiro atoms. The summed E-state index contributed by atoms with van der Waals surface area (Å²) in [5, 5.41) is 4.69. The summed E-state index contributed by atoms with van der Waals surface area (Å²) in [4.78, 5) is 4.85. The van der Waals surface area contributed by atoms with Crippen LogP contribution >= 0.6 is 0 Å². The minimum Gasteiger partial charge on any atom is -0.312 e. The summed E-state index contributed by atoms with van der Waals surface area (Å²) >= 11 is 0. The molecular weight excluding hydrogens is 244 g/mol. The van der Waals surface area contributed by atoms with Crippen molar-refractivity contribution in [2.24, 2.45) is 5.92 Å². The van der Waals surface area contributed by atoms with Crippen molar-refractivity contribution in [2.75, 3.05) is 7.05 Å². The molecule has 0 saturated heterocycles. The van der Waals surface area contributed by atoms with Crippen LogP contribution in [0.4, 0.5) is 0 Å². The van der Waals surface area contributed by atoms with Gasteiger partial charge in [0.25, 0.3) is 0 Å². The molecule has 2 heteroatoms. The zero-order valence-corrected chi connectivity index (χ0v) is 12.3. The molecule has 1 atom stereocenters. The zero-order valence-electron chi connectivity index (χ0n) is 12.3. The van der Waals surface area contributed by atoms with E-state index in [1.54, 1.807) is 0 Å². The molecule has 1 aliphatic rings. The van der Waals surface area contributed by atoms with Crippen LogP contribution in [0.3, 0.4) is 0 Å². The summed E-state index contributed by atoms with van der Waals surface area (Å²) in [5.74, 6) is 0.870. The lowest BCUT2D eigenvalue weighted by molar-refractivity contribution is 0.304. The van der Waals surface area contributed by atoms with Crippen LogP contribution in [-0.4, -0.2) is 12.0 Å². The molecule has 20 heavy (non-hydrogen) atoms. The van der Waals surface area contributed by atoms with Crippen molar-refractivity contribution < 1.29 is 0 Å². The lowest BCUT2D eigenvalue weighted by atomic mass is 9.84. The third-order valence-corrected chi connectivity index (χ3v) is 4.62. The normalized spacial score (nSPS) is 18.2. The van der Waals surface area contributed by atoms with Gasteiger partial charge in [0.15, 0.2) is 0 Å². The quantitative estimate of drug-likeness (QED) is 0.885. The first-order valence-corrected chi connectivity index (χ1v) is 7.90. The van der Waals surface area contributed by atoms with Gasteiger partial charge in [-0.15, -0.1) is 0 Å². The van der Waals surface area contributed by atoms with Crippen LogP contribution in [0.1, 0.15) is 50.3 Å². The highest BCUT2D eigenvalue weighted by molar-refractivity contribution is 5.78. The van der Waals surface area contributed by atoms with Gasteiger partial charge < -0.3 is 5.32 Å². The second kappa shape index (κ2) is 6.36. The summed E-state index contributed by atoms with van der Waals surface area (Å²) in [6, 6.07) is 13.1. The number of aromatic nitrogens is 1. The molecule has 1 aliphatic carbocycles. The van der Waals surface area contributed by atoms with Crippen molar-refractivity contribution in [2.45, 2.75) is 44.6 Å². The molecule has 1 heterocycles. The van der Waals surface area contributed by atoms with E-state index in [0.29, 0.717) is 6.04 Å². The van der Waals surface area contributed by atoms with Crippen LogP contribution < -0.4 is 5.32 Å². The Morgan fingerprint density at radius 3 is 2.70 bits per heavy atom. The van der Waals surface area contributed by atoms with Crippen molar-refractivity contribution in [3.63, 3.8) is 0 Å². The molecule has 1 N–H and O–H groups in total. The minimum atomic E-state index is 0.391. The highest BCUT2D eigenvalue weighted by Gasteiger charge is 2.20. The van der Waals surface area contributed by atoms with Crippen LogP contribution in [0.5, 0.6) is 0 Å². The molecule has 1 saturated carbocycles. The van der Waals surface area contributed by atoms with Gasteiger partial charge in [-0.3, -0.25) is 4.98 Å². The maximum Gasteiger partial charge on any atom is 0.0706 e. The predicted molar refractivity (Wildman–Crippen MR) is 84.7 cm³/mol. The molecule has 1 aromatic carbocycles.